The van der Waals surface area contributed by atoms with Crippen LogP contribution in [0.4, 0.5) is 4.79 Å². The van der Waals surface area contributed by atoms with Gasteiger partial charge in [-0.05, 0) is 50.3 Å². The Labute approximate surface area is 141 Å². The number of hydrogen-bond donors (Lipinski definition) is 1. The molecule has 2 aromatic rings. The van der Waals surface area contributed by atoms with Gasteiger partial charge in [0.25, 0.3) is 0 Å². The molecule has 4 rings (SSSR count). The summed E-state index contributed by atoms with van der Waals surface area (Å²) >= 11 is 0. The van der Waals surface area contributed by atoms with E-state index >= 15 is 0 Å². The number of piperidine rings is 1. The Balaban J connectivity index is 1.34. The number of pyridine rings is 1. The molecule has 0 unspecified atom stereocenters. The maximum atomic E-state index is 12.1. The van der Waals surface area contributed by atoms with Gasteiger partial charge in [-0.2, -0.15) is 5.10 Å². The van der Waals surface area contributed by atoms with Gasteiger partial charge in [0.05, 0.1) is 5.69 Å². The average Bonchev–Trinajstić information content (AvgIpc) is 3.09. The van der Waals surface area contributed by atoms with E-state index in [1.54, 1.807) is 12.4 Å². The van der Waals surface area contributed by atoms with Gasteiger partial charge in [-0.15, -0.1) is 0 Å². The normalized spacial score (nSPS) is 19.1. The number of rotatable bonds is 3. The summed E-state index contributed by atoms with van der Waals surface area (Å²) in [5, 5.41) is 7.58. The quantitative estimate of drug-likeness (QED) is 0.939. The molecule has 1 saturated heterocycles. The molecule has 0 atom stereocenters. The number of ether oxygens (including phenoxy) is 1. The predicted molar refractivity (Wildman–Crippen MR) is 89.5 cm³/mol. The molecule has 0 spiro atoms. The molecule has 1 N–H and O–H groups in total. The van der Waals surface area contributed by atoms with E-state index in [-0.39, 0.29) is 12.2 Å². The van der Waals surface area contributed by atoms with Gasteiger partial charge >= 0.3 is 6.09 Å². The number of carbonyl (C=O) groups excluding carboxylic acids is 1. The van der Waals surface area contributed by atoms with E-state index in [2.05, 4.69) is 21.2 Å². The highest BCUT2D eigenvalue weighted by atomic mass is 16.6. The third-order valence-electron chi connectivity index (χ3n) is 5.09. The van der Waals surface area contributed by atoms with Gasteiger partial charge in [-0.1, -0.05) is 0 Å². The monoisotopic (exact) mass is 326 g/mol. The Kier molecular flexibility index (Phi) is 4.19. The highest BCUT2D eigenvalue weighted by molar-refractivity contribution is 5.68. The lowest BCUT2D eigenvalue weighted by atomic mass is 9.93. The maximum absolute atomic E-state index is 12.1. The fourth-order valence-corrected chi connectivity index (χ4v) is 3.30. The van der Waals surface area contributed by atoms with Crippen molar-refractivity contribution in [3.63, 3.8) is 0 Å². The van der Waals surface area contributed by atoms with Crippen LogP contribution in [-0.4, -0.2) is 45.4 Å². The third-order valence-corrected chi connectivity index (χ3v) is 5.09. The molecule has 0 bridgehead atoms. The SMILES string of the molecule is O=C(OC1CCC1)N1CCC(c2cc(-c3ccncc3)n[nH]2)CC1. The van der Waals surface area contributed by atoms with E-state index in [9.17, 15) is 4.79 Å². The summed E-state index contributed by atoms with van der Waals surface area (Å²) in [5.41, 5.74) is 3.15. The first-order valence-electron chi connectivity index (χ1n) is 8.71. The third kappa shape index (κ3) is 3.13. The van der Waals surface area contributed by atoms with Gasteiger partial charge in [-0.25, -0.2) is 4.79 Å². The van der Waals surface area contributed by atoms with E-state index in [0.717, 1.165) is 55.7 Å². The summed E-state index contributed by atoms with van der Waals surface area (Å²) in [7, 11) is 0. The molecule has 2 aliphatic rings. The summed E-state index contributed by atoms with van der Waals surface area (Å²) in [6.07, 6.45) is 8.68. The van der Waals surface area contributed by atoms with E-state index in [1.807, 2.05) is 17.0 Å². The molecule has 3 heterocycles. The van der Waals surface area contributed by atoms with Crippen LogP contribution >= 0.6 is 0 Å². The first kappa shape index (κ1) is 15.2. The minimum Gasteiger partial charge on any atom is -0.446 e. The lowest BCUT2D eigenvalue weighted by molar-refractivity contribution is 0.0225. The lowest BCUT2D eigenvalue weighted by Crippen LogP contribution is -2.41. The van der Waals surface area contributed by atoms with Gasteiger partial charge in [0.2, 0.25) is 0 Å². The van der Waals surface area contributed by atoms with Gasteiger partial charge in [0, 0.05) is 42.7 Å². The van der Waals surface area contributed by atoms with Crippen molar-refractivity contribution in [3.8, 4) is 11.3 Å². The molecule has 6 nitrogen and oxygen atoms in total. The fraction of sp³-hybridized carbons (Fsp3) is 0.500. The van der Waals surface area contributed by atoms with Crippen LogP contribution in [0, 0.1) is 0 Å². The Morgan fingerprint density at radius 2 is 1.92 bits per heavy atom. The Bertz CT molecular complexity index is 688. The molecule has 1 aliphatic heterocycles. The molecular formula is C18H22N4O2. The van der Waals surface area contributed by atoms with Crippen LogP contribution in [0.3, 0.4) is 0 Å². The summed E-state index contributed by atoms with van der Waals surface area (Å²) in [4.78, 5) is 18.0. The zero-order valence-corrected chi connectivity index (χ0v) is 13.6. The number of aromatic amines is 1. The molecule has 1 aliphatic carbocycles. The van der Waals surface area contributed by atoms with Crippen LogP contribution in [0.15, 0.2) is 30.6 Å². The molecule has 6 heteroatoms. The van der Waals surface area contributed by atoms with Crippen LogP contribution < -0.4 is 0 Å². The number of nitrogens with one attached hydrogen (secondary N) is 1. The molecule has 0 aromatic carbocycles. The molecule has 0 radical (unpaired) electrons. The average molecular weight is 326 g/mol. The lowest BCUT2D eigenvalue weighted by Gasteiger charge is -2.33. The zero-order valence-electron chi connectivity index (χ0n) is 13.6. The Morgan fingerprint density at radius 3 is 2.58 bits per heavy atom. The zero-order chi connectivity index (χ0) is 16.4. The number of carbonyl (C=O) groups is 1. The number of amides is 1. The smallest absolute Gasteiger partial charge is 0.410 e. The second-order valence-electron chi connectivity index (χ2n) is 6.64. The fourth-order valence-electron chi connectivity index (χ4n) is 3.30. The topological polar surface area (TPSA) is 71.1 Å². The number of aromatic nitrogens is 3. The van der Waals surface area contributed by atoms with Crippen molar-refractivity contribution in [2.24, 2.45) is 0 Å². The molecule has 24 heavy (non-hydrogen) atoms. The van der Waals surface area contributed by atoms with Crippen molar-refractivity contribution >= 4 is 6.09 Å². The van der Waals surface area contributed by atoms with Gasteiger partial charge in [-0.3, -0.25) is 10.1 Å². The summed E-state index contributed by atoms with van der Waals surface area (Å²) in [5.74, 6) is 0.417. The standard InChI is InChI=1S/C18H22N4O2/c23-18(24-15-2-1-3-15)22-10-6-14(7-11-22)17-12-16(20-21-17)13-4-8-19-9-5-13/h4-5,8-9,12,14-15H,1-3,6-7,10-11H2,(H,20,21). The molecule has 1 saturated carbocycles. The molecular weight excluding hydrogens is 304 g/mol. The van der Waals surface area contributed by atoms with Gasteiger partial charge in [0.15, 0.2) is 0 Å². The molecule has 1 amide bonds. The van der Waals surface area contributed by atoms with E-state index in [1.165, 1.54) is 6.42 Å². The van der Waals surface area contributed by atoms with Gasteiger partial charge < -0.3 is 9.64 Å². The van der Waals surface area contributed by atoms with Crippen molar-refractivity contribution in [3.05, 3.63) is 36.3 Å². The second-order valence-corrected chi connectivity index (χ2v) is 6.64. The van der Waals surface area contributed by atoms with Crippen molar-refractivity contribution in [2.45, 2.75) is 44.1 Å². The Hall–Kier alpha value is -2.37. The first-order valence-corrected chi connectivity index (χ1v) is 8.71. The number of likely N-dealkylation sites (tertiary alicyclic amines) is 1. The summed E-state index contributed by atoms with van der Waals surface area (Å²) in [6, 6.07) is 6.03. The number of nitrogens with zero attached hydrogens (tertiary/aromatic N) is 3. The van der Waals surface area contributed by atoms with Crippen LogP contribution in [-0.2, 0) is 4.74 Å². The maximum Gasteiger partial charge on any atom is 0.410 e. The van der Waals surface area contributed by atoms with Crippen molar-refractivity contribution in [1.29, 1.82) is 0 Å². The van der Waals surface area contributed by atoms with Crippen LogP contribution in [0.25, 0.3) is 11.3 Å². The van der Waals surface area contributed by atoms with Gasteiger partial charge in [0.1, 0.15) is 6.10 Å². The van der Waals surface area contributed by atoms with Crippen molar-refractivity contribution in [2.75, 3.05) is 13.1 Å². The largest absolute Gasteiger partial charge is 0.446 e. The molecule has 2 fully saturated rings. The highest BCUT2D eigenvalue weighted by Gasteiger charge is 2.29. The molecule has 2 aromatic heterocycles. The first-order chi connectivity index (χ1) is 11.8. The predicted octanol–water partition coefficient (Wildman–Crippen LogP) is 3.34. The summed E-state index contributed by atoms with van der Waals surface area (Å²) < 4.78 is 5.49. The van der Waals surface area contributed by atoms with Crippen molar-refractivity contribution in [1.82, 2.24) is 20.1 Å². The van der Waals surface area contributed by atoms with E-state index < -0.39 is 0 Å². The number of hydrogen-bond acceptors (Lipinski definition) is 4. The van der Waals surface area contributed by atoms with Crippen LogP contribution in [0.2, 0.25) is 0 Å². The van der Waals surface area contributed by atoms with Crippen LogP contribution in [0.1, 0.15) is 43.7 Å². The minimum atomic E-state index is -0.139. The summed E-state index contributed by atoms with van der Waals surface area (Å²) in [6.45, 7) is 1.50. The Morgan fingerprint density at radius 1 is 1.17 bits per heavy atom. The second kappa shape index (κ2) is 6.63. The highest BCUT2D eigenvalue weighted by Crippen LogP contribution is 2.30. The van der Waals surface area contributed by atoms with Crippen LogP contribution in [0.5, 0.6) is 0 Å². The van der Waals surface area contributed by atoms with E-state index in [4.69, 9.17) is 4.74 Å². The number of H-pyrrole nitrogens is 1. The minimum absolute atomic E-state index is 0.139. The van der Waals surface area contributed by atoms with E-state index in [0.29, 0.717) is 5.92 Å². The molecule has 126 valence electrons. The van der Waals surface area contributed by atoms with Crippen molar-refractivity contribution < 1.29 is 9.53 Å².